The van der Waals surface area contributed by atoms with Crippen LogP contribution in [0.3, 0.4) is 0 Å². The zero-order valence-corrected chi connectivity index (χ0v) is 16.8. The van der Waals surface area contributed by atoms with Crippen molar-refractivity contribution in [3.63, 3.8) is 0 Å². The lowest BCUT2D eigenvalue weighted by Gasteiger charge is -2.42. The zero-order chi connectivity index (χ0) is 20.3. The van der Waals surface area contributed by atoms with Gasteiger partial charge in [-0.25, -0.2) is 4.98 Å². The molecule has 0 aliphatic carbocycles. The fourth-order valence-electron chi connectivity index (χ4n) is 4.68. The van der Waals surface area contributed by atoms with E-state index in [0.717, 1.165) is 37.9 Å². The van der Waals surface area contributed by atoms with Gasteiger partial charge in [0.15, 0.2) is 0 Å². The second kappa shape index (κ2) is 8.32. The largest absolute Gasteiger partial charge is 0.347 e. The van der Waals surface area contributed by atoms with Crippen LogP contribution in [-0.4, -0.2) is 74.8 Å². The summed E-state index contributed by atoms with van der Waals surface area (Å²) in [7, 11) is 1.88. The number of nitrogens with one attached hydrogen (secondary N) is 2. The van der Waals surface area contributed by atoms with E-state index >= 15 is 0 Å². The van der Waals surface area contributed by atoms with Crippen LogP contribution in [0.4, 0.5) is 0 Å². The van der Waals surface area contributed by atoms with E-state index in [2.05, 4.69) is 25.2 Å². The van der Waals surface area contributed by atoms with E-state index in [1.165, 1.54) is 12.5 Å². The minimum atomic E-state index is -0.511. The summed E-state index contributed by atoms with van der Waals surface area (Å²) in [6.45, 7) is 2.24. The van der Waals surface area contributed by atoms with Crippen LogP contribution in [0.25, 0.3) is 0 Å². The second-order valence-electron chi connectivity index (χ2n) is 8.07. The molecule has 2 N–H and O–H groups in total. The number of aromatic nitrogens is 3. The third-order valence-electron chi connectivity index (χ3n) is 6.15. The van der Waals surface area contributed by atoms with Crippen molar-refractivity contribution in [2.24, 2.45) is 0 Å². The molecule has 0 bridgehead atoms. The van der Waals surface area contributed by atoms with Crippen LogP contribution >= 0.6 is 0 Å². The fraction of sp³-hybridized carbons (Fsp3) is 0.524. The molecule has 0 aromatic carbocycles. The topological polar surface area (TPSA) is 94.2 Å². The molecule has 8 heteroatoms. The maximum Gasteiger partial charge on any atom is 0.269 e. The average molecular weight is 396 g/mol. The van der Waals surface area contributed by atoms with Gasteiger partial charge < -0.3 is 15.2 Å². The Kier molecular flexibility index (Phi) is 5.62. The zero-order valence-electron chi connectivity index (χ0n) is 16.8. The van der Waals surface area contributed by atoms with Crippen molar-refractivity contribution in [1.82, 2.24) is 30.1 Å². The first kappa shape index (κ1) is 19.6. The van der Waals surface area contributed by atoms with E-state index in [9.17, 15) is 9.59 Å². The molecule has 0 unspecified atom stereocenters. The number of nitrogens with zero attached hydrogens (tertiary/aromatic N) is 4. The summed E-state index contributed by atoms with van der Waals surface area (Å²) >= 11 is 0. The van der Waals surface area contributed by atoms with Crippen molar-refractivity contribution in [1.29, 1.82) is 0 Å². The number of hydrogen-bond acceptors (Lipinski definition) is 5. The van der Waals surface area contributed by atoms with Gasteiger partial charge in [0.05, 0.1) is 12.5 Å². The molecule has 2 amide bonds. The van der Waals surface area contributed by atoms with Gasteiger partial charge in [-0.05, 0) is 44.4 Å². The molecular weight excluding hydrogens is 368 g/mol. The number of piperidine rings is 1. The predicted octanol–water partition coefficient (Wildman–Crippen LogP) is 1.23. The molecule has 2 saturated heterocycles. The molecule has 8 nitrogen and oxygen atoms in total. The van der Waals surface area contributed by atoms with Crippen LogP contribution in [0.5, 0.6) is 0 Å². The highest BCUT2D eigenvalue weighted by Gasteiger charge is 2.53. The quantitative estimate of drug-likeness (QED) is 0.766. The summed E-state index contributed by atoms with van der Waals surface area (Å²) in [5.41, 5.74) is 0.923. The number of likely N-dealkylation sites (N-methyl/N-ethyl adjacent to an activating group) is 1. The van der Waals surface area contributed by atoms with Crippen molar-refractivity contribution in [2.75, 3.05) is 26.7 Å². The lowest BCUT2D eigenvalue weighted by molar-refractivity contribution is -0.143. The molecule has 29 heavy (non-hydrogen) atoms. The maximum absolute atomic E-state index is 13.5. The first-order valence-electron chi connectivity index (χ1n) is 10.3. The normalized spacial score (nSPS) is 24.1. The van der Waals surface area contributed by atoms with Gasteiger partial charge in [-0.15, -0.1) is 0 Å². The average Bonchev–Trinajstić information content (AvgIpc) is 3.40. The summed E-state index contributed by atoms with van der Waals surface area (Å²) < 4.78 is 0. The predicted molar refractivity (Wildman–Crippen MR) is 108 cm³/mol. The number of H-pyrrole nitrogens is 1. The van der Waals surface area contributed by atoms with Gasteiger partial charge in [-0.2, -0.15) is 0 Å². The van der Waals surface area contributed by atoms with E-state index in [4.69, 9.17) is 0 Å². The number of carbonyl (C=O) groups is 2. The van der Waals surface area contributed by atoms with Gasteiger partial charge in [0.25, 0.3) is 5.91 Å². The maximum atomic E-state index is 13.5. The molecule has 4 rings (SSSR count). The third kappa shape index (κ3) is 4.03. The number of fused-ring (bicyclic) bond motifs is 1. The number of hydrogen-bond donors (Lipinski definition) is 2. The van der Waals surface area contributed by atoms with E-state index in [-0.39, 0.29) is 17.9 Å². The Morgan fingerprint density at radius 2 is 2.28 bits per heavy atom. The Morgan fingerprint density at radius 3 is 3.03 bits per heavy atom. The standard InChI is InChI=1S/C21H28N6O2/c1-26(11-7-16-6-2-4-9-23-16)20(29)21-8-3-5-10-27(21)14-17(12-21)25-19(28)18-13-22-15-24-18/h2,4,6,9,13,15,17H,3,5,7-8,10-12,14H2,1H3,(H,22,24)(H,25,28)/t17-,21-/m0/s1. The Bertz CT molecular complexity index is 840. The lowest BCUT2D eigenvalue weighted by Crippen LogP contribution is -2.58. The molecule has 2 aromatic rings. The van der Waals surface area contributed by atoms with E-state index in [1.54, 1.807) is 6.20 Å². The Morgan fingerprint density at radius 1 is 1.38 bits per heavy atom. The number of imidazole rings is 1. The van der Waals surface area contributed by atoms with Gasteiger partial charge in [0, 0.05) is 44.5 Å². The van der Waals surface area contributed by atoms with Crippen LogP contribution in [-0.2, 0) is 11.2 Å². The molecule has 2 aliphatic rings. The summed E-state index contributed by atoms with van der Waals surface area (Å²) in [6, 6.07) is 5.81. The van der Waals surface area contributed by atoms with E-state index < -0.39 is 5.54 Å². The first-order valence-corrected chi connectivity index (χ1v) is 10.3. The number of pyridine rings is 1. The summed E-state index contributed by atoms with van der Waals surface area (Å²) in [5.74, 6) is -0.00938. The van der Waals surface area contributed by atoms with Gasteiger partial charge in [0.1, 0.15) is 11.2 Å². The minimum Gasteiger partial charge on any atom is -0.347 e. The molecule has 4 heterocycles. The monoisotopic (exact) mass is 396 g/mol. The molecule has 0 radical (unpaired) electrons. The molecule has 2 fully saturated rings. The van der Waals surface area contributed by atoms with Crippen LogP contribution in [0.2, 0.25) is 0 Å². The van der Waals surface area contributed by atoms with Gasteiger partial charge >= 0.3 is 0 Å². The Labute approximate surface area is 170 Å². The molecule has 2 aliphatic heterocycles. The van der Waals surface area contributed by atoms with E-state index in [1.807, 2.05) is 30.1 Å². The highest BCUT2D eigenvalue weighted by Crippen LogP contribution is 2.39. The van der Waals surface area contributed by atoms with Gasteiger partial charge in [0.2, 0.25) is 5.91 Å². The SMILES string of the molecule is CN(CCc1ccccn1)C(=O)[C@@]12CCCCN1C[C@@H](NC(=O)c1cnc[nH]1)C2. The molecule has 2 aromatic heterocycles. The lowest BCUT2D eigenvalue weighted by atomic mass is 9.84. The Hall–Kier alpha value is -2.74. The minimum absolute atomic E-state index is 0.0444. The van der Waals surface area contributed by atoms with Crippen molar-refractivity contribution in [2.45, 2.75) is 43.7 Å². The summed E-state index contributed by atoms with van der Waals surface area (Å²) in [6.07, 6.45) is 9.15. The second-order valence-corrected chi connectivity index (χ2v) is 8.07. The van der Waals surface area contributed by atoms with Crippen LogP contribution < -0.4 is 5.32 Å². The number of amides is 2. The van der Waals surface area contributed by atoms with Crippen LogP contribution in [0.15, 0.2) is 36.9 Å². The highest BCUT2D eigenvalue weighted by molar-refractivity contribution is 5.92. The van der Waals surface area contributed by atoms with Crippen molar-refractivity contribution in [3.05, 3.63) is 48.3 Å². The number of rotatable bonds is 6. The van der Waals surface area contributed by atoms with E-state index in [0.29, 0.717) is 25.2 Å². The highest BCUT2D eigenvalue weighted by atomic mass is 16.2. The summed E-state index contributed by atoms with van der Waals surface area (Å²) in [5, 5.41) is 3.08. The smallest absolute Gasteiger partial charge is 0.269 e. The number of aromatic amines is 1. The van der Waals surface area contributed by atoms with Gasteiger partial charge in [-0.1, -0.05) is 6.07 Å². The summed E-state index contributed by atoms with van der Waals surface area (Å²) in [4.78, 5) is 41.2. The van der Waals surface area contributed by atoms with Crippen molar-refractivity contribution < 1.29 is 9.59 Å². The van der Waals surface area contributed by atoms with Crippen LogP contribution in [0.1, 0.15) is 41.9 Å². The Balaban J connectivity index is 1.43. The van der Waals surface area contributed by atoms with Gasteiger partial charge in [-0.3, -0.25) is 19.5 Å². The third-order valence-corrected chi connectivity index (χ3v) is 6.15. The fourth-order valence-corrected chi connectivity index (χ4v) is 4.68. The van der Waals surface area contributed by atoms with Crippen molar-refractivity contribution in [3.8, 4) is 0 Å². The van der Waals surface area contributed by atoms with Crippen LogP contribution in [0, 0.1) is 0 Å². The van der Waals surface area contributed by atoms with Crippen molar-refractivity contribution >= 4 is 11.8 Å². The first-order chi connectivity index (χ1) is 14.1. The molecule has 2 atom stereocenters. The number of carbonyl (C=O) groups excluding carboxylic acids is 2. The molecular formula is C21H28N6O2. The molecule has 0 spiro atoms. The molecule has 154 valence electrons. The molecule has 0 saturated carbocycles.